The Labute approximate surface area is 246 Å². The molecule has 0 bridgehead atoms. The lowest BCUT2D eigenvalue weighted by atomic mass is 9.94. The number of aromatic nitrogens is 3. The Hall–Kier alpha value is -4.41. The van der Waals surface area contributed by atoms with Gasteiger partial charge >= 0.3 is 0 Å². The maximum Gasteiger partial charge on any atom is 0.255 e. The minimum atomic E-state index is -0.631. The van der Waals surface area contributed by atoms with Gasteiger partial charge < -0.3 is 29.6 Å². The second kappa shape index (κ2) is 12.0. The van der Waals surface area contributed by atoms with Gasteiger partial charge in [-0.05, 0) is 42.3 Å². The topological polar surface area (TPSA) is 109 Å². The van der Waals surface area contributed by atoms with Crippen LogP contribution >= 0.6 is 23.2 Å². The van der Waals surface area contributed by atoms with Crippen LogP contribution in [0.1, 0.15) is 24.1 Å². The van der Waals surface area contributed by atoms with Crippen molar-refractivity contribution in [2.24, 2.45) is 0 Å². The van der Waals surface area contributed by atoms with E-state index in [0.29, 0.717) is 62.6 Å². The minimum absolute atomic E-state index is 0.326. The molecule has 0 aliphatic carbocycles. The molecule has 1 aromatic heterocycles. The van der Waals surface area contributed by atoms with Crippen LogP contribution in [0.15, 0.2) is 72.2 Å². The van der Waals surface area contributed by atoms with Crippen molar-refractivity contribution in [3.8, 4) is 23.0 Å². The number of carbonyl (C=O) groups excluding carboxylic acids is 1. The van der Waals surface area contributed by atoms with Crippen LogP contribution in [0.3, 0.4) is 0 Å². The van der Waals surface area contributed by atoms with Gasteiger partial charge in [0.2, 0.25) is 5.95 Å². The molecule has 1 atom stereocenters. The third-order valence-corrected chi connectivity index (χ3v) is 7.12. The summed E-state index contributed by atoms with van der Waals surface area (Å²) in [4.78, 5) is 18.2. The van der Waals surface area contributed by atoms with Crippen LogP contribution in [-0.4, -0.2) is 42.0 Å². The maximum atomic E-state index is 13.9. The lowest BCUT2D eigenvalue weighted by molar-refractivity contribution is -0.113. The molecule has 2 N–H and O–H groups in total. The molecule has 3 aromatic carbocycles. The Balaban J connectivity index is 1.49. The number of benzene rings is 3. The Morgan fingerprint density at radius 3 is 2.39 bits per heavy atom. The average Bonchev–Trinajstić information content (AvgIpc) is 3.44. The fourth-order valence-corrected chi connectivity index (χ4v) is 4.91. The van der Waals surface area contributed by atoms with E-state index in [4.69, 9.17) is 42.1 Å². The number of fused-ring (bicyclic) bond motifs is 1. The normalized spacial score (nSPS) is 14.1. The molecule has 10 nitrogen and oxygen atoms in total. The van der Waals surface area contributed by atoms with Crippen LogP contribution in [0.5, 0.6) is 23.0 Å². The number of amides is 1. The summed E-state index contributed by atoms with van der Waals surface area (Å²) in [7, 11) is 4.55. The highest BCUT2D eigenvalue weighted by Crippen LogP contribution is 2.41. The van der Waals surface area contributed by atoms with Crippen LogP contribution in [-0.2, 0) is 11.4 Å². The van der Waals surface area contributed by atoms with E-state index < -0.39 is 6.04 Å². The number of hydrogen-bond donors (Lipinski definition) is 2. The number of hydrogen-bond acceptors (Lipinski definition) is 8. The number of methoxy groups -OCH3 is 3. The number of nitrogens with zero attached hydrogens (tertiary/aromatic N) is 3. The van der Waals surface area contributed by atoms with Crippen LogP contribution in [0.4, 0.5) is 11.6 Å². The van der Waals surface area contributed by atoms with Gasteiger partial charge in [0.15, 0.2) is 11.5 Å². The van der Waals surface area contributed by atoms with Crippen molar-refractivity contribution in [3.63, 3.8) is 0 Å². The number of anilines is 2. The van der Waals surface area contributed by atoms with Gasteiger partial charge in [-0.15, -0.1) is 0 Å². The van der Waals surface area contributed by atoms with Crippen LogP contribution in [0.25, 0.3) is 0 Å². The molecule has 0 unspecified atom stereocenters. The van der Waals surface area contributed by atoms with E-state index in [-0.39, 0.29) is 5.91 Å². The van der Waals surface area contributed by atoms with Gasteiger partial charge in [0.25, 0.3) is 5.91 Å². The molecule has 0 spiro atoms. The first-order chi connectivity index (χ1) is 19.8. The quantitative estimate of drug-likeness (QED) is 0.238. The summed E-state index contributed by atoms with van der Waals surface area (Å²) in [5, 5.41) is 11.5. The predicted octanol–water partition coefficient (Wildman–Crippen LogP) is 6.12. The van der Waals surface area contributed by atoms with Crippen LogP contribution in [0, 0.1) is 0 Å². The fraction of sp³-hybridized carbons (Fsp3) is 0.207. The first-order valence-electron chi connectivity index (χ1n) is 12.5. The maximum absolute atomic E-state index is 13.9. The number of allylic oxidation sites excluding steroid dienone is 1. The summed E-state index contributed by atoms with van der Waals surface area (Å²) in [6.07, 6.45) is 1.43. The summed E-state index contributed by atoms with van der Waals surface area (Å²) >= 11 is 12.3. The largest absolute Gasteiger partial charge is 0.495 e. The SMILES string of the molecule is COc1cc(NC(=O)C2=C(C)Nc3ncnn3[C@@H]2c2ccc(OCc3ccc(Cl)cc3)c(OC)c2)c(OC)cc1Cl. The first-order valence-corrected chi connectivity index (χ1v) is 13.2. The molecule has 0 fully saturated rings. The summed E-state index contributed by atoms with van der Waals surface area (Å²) in [5.41, 5.74) is 3.11. The molecule has 4 aromatic rings. The van der Waals surface area contributed by atoms with E-state index in [0.717, 1.165) is 11.1 Å². The summed E-state index contributed by atoms with van der Waals surface area (Å²) in [5.74, 6) is 1.93. The number of ether oxygens (including phenoxy) is 4. The molecule has 1 amide bonds. The highest BCUT2D eigenvalue weighted by molar-refractivity contribution is 6.32. The van der Waals surface area contributed by atoms with Gasteiger partial charge in [-0.3, -0.25) is 4.79 Å². The number of nitrogens with one attached hydrogen (secondary N) is 2. The van der Waals surface area contributed by atoms with Gasteiger partial charge in [-0.2, -0.15) is 10.1 Å². The molecule has 2 heterocycles. The van der Waals surface area contributed by atoms with Crippen molar-refractivity contribution in [1.29, 1.82) is 0 Å². The van der Waals surface area contributed by atoms with Crippen LogP contribution in [0.2, 0.25) is 10.0 Å². The first kappa shape index (κ1) is 28.1. The molecule has 212 valence electrons. The third-order valence-electron chi connectivity index (χ3n) is 6.57. The zero-order valence-corrected chi connectivity index (χ0v) is 24.2. The number of rotatable bonds is 9. The van der Waals surface area contributed by atoms with E-state index in [1.165, 1.54) is 20.5 Å². The smallest absolute Gasteiger partial charge is 0.255 e. The zero-order valence-electron chi connectivity index (χ0n) is 22.7. The second-order valence-corrected chi connectivity index (χ2v) is 9.90. The monoisotopic (exact) mass is 595 g/mol. The highest BCUT2D eigenvalue weighted by atomic mass is 35.5. The van der Waals surface area contributed by atoms with Crippen molar-refractivity contribution in [2.45, 2.75) is 19.6 Å². The van der Waals surface area contributed by atoms with Crippen molar-refractivity contribution in [1.82, 2.24) is 14.8 Å². The molecule has 0 radical (unpaired) electrons. The molecule has 5 rings (SSSR count). The minimum Gasteiger partial charge on any atom is -0.495 e. The molecule has 0 saturated carbocycles. The predicted molar refractivity (Wildman–Crippen MR) is 156 cm³/mol. The van der Waals surface area contributed by atoms with E-state index >= 15 is 0 Å². The van der Waals surface area contributed by atoms with Gasteiger partial charge in [0, 0.05) is 22.9 Å². The van der Waals surface area contributed by atoms with Gasteiger partial charge in [-0.1, -0.05) is 41.4 Å². The summed E-state index contributed by atoms with van der Waals surface area (Å²) in [6.45, 7) is 2.13. The molecule has 1 aliphatic heterocycles. The van der Waals surface area contributed by atoms with E-state index in [2.05, 4.69) is 20.7 Å². The molecular weight excluding hydrogens is 569 g/mol. The van der Waals surface area contributed by atoms with Crippen molar-refractivity contribution in [2.75, 3.05) is 32.0 Å². The van der Waals surface area contributed by atoms with Crippen LogP contribution < -0.4 is 29.6 Å². The fourth-order valence-electron chi connectivity index (χ4n) is 4.56. The Morgan fingerprint density at radius 1 is 0.951 bits per heavy atom. The zero-order chi connectivity index (χ0) is 29.1. The molecular formula is C29H27Cl2N5O5. The van der Waals surface area contributed by atoms with E-state index in [1.807, 2.05) is 36.4 Å². The number of halogens is 2. The molecule has 12 heteroatoms. The Bertz CT molecular complexity index is 1620. The lowest BCUT2D eigenvalue weighted by Crippen LogP contribution is -2.31. The Morgan fingerprint density at radius 2 is 1.68 bits per heavy atom. The Kier molecular flexibility index (Phi) is 8.23. The van der Waals surface area contributed by atoms with E-state index in [9.17, 15) is 4.79 Å². The average molecular weight is 596 g/mol. The van der Waals surface area contributed by atoms with Gasteiger partial charge in [-0.25, -0.2) is 4.68 Å². The molecule has 1 aliphatic rings. The number of carbonyl (C=O) groups is 1. The van der Waals surface area contributed by atoms with Gasteiger partial charge in [0.1, 0.15) is 30.5 Å². The molecule has 41 heavy (non-hydrogen) atoms. The van der Waals surface area contributed by atoms with Crippen molar-refractivity contribution < 1.29 is 23.7 Å². The standard InChI is InChI=1S/C29H27Cl2N5O5/c1-16-26(28(37)35-21-13-23(38-2)20(31)12-24(21)39-3)27(36-29(34-16)32-15-33-36)18-7-10-22(25(11-18)40-4)41-14-17-5-8-19(30)9-6-17/h5-13,15,27H,14H2,1-4H3,(H,35,37)(H,32,33,34)/t27-/m1/s1. The lowest BCUT2D eigenvalue weighted by Gasteiger charge is -2.29. The summed E-state index contributed by atoms with van der Waals surface area (Å²) in [6, 6.07) is 15.5. The third kappa shape index (κ3) is 5.75. The van der Waals surface area contributed by atoms with E-state index in [1.54, 1.807) is 36.9 Å². The highest BCUT2D eigenvalue weighted by Gasteiger charge is 2.34. The second-order valence-electron chi connectivity index (χ2n) is 9.06. The van der Waals surface area contributed by atoms with Crippen molar-refractivity contribution in [3.05, 3.63) is 93.4 Å². The van der Waals surface area contributed by atoms with Gasteiger partial charge in [0.05, 0.1) is 37.6 Å². The van der Waals surface area contributed by atoms with Crippen molar-refractivity contribution >= 4 is 40.7 Å². The summed E-state index contributed by atoms with van der Waals surface area (Å²) < 4.78 is 24.1. The molecule has 0 saturated heterocycles.